The van der Waals surface area contributed by atoms with Gasteiger partial charge in [0.1, 0.15) is 0 Å². The predicted octanol–water partition coefficient (Wildman–Crippen LogP) is 2.92. The summed E-state index contributed by atoms with van der Waals surface area (Å²) in [7, 11) is 0. The lowest BCUT2D eigenvalue weighted by Gasteiger charge is -2.09. The van der Waals surface area contributed by atoms with Crippen LogP contribution in [0.2, 0.25) is 0 Å². The molecule has 0 bridgehead atoms. The molecule has 0 aliphatic heterocycles. The van der Waals surface area contributed by atoms with Gasteiger partial charge in [-0.1, -0.05) is 13.3 Å². The van der Waals surface area contributed by atoms with Crippen molar-refractivity contribution in [3.63, 3.8) is 0 Å². The fourth-order valence-corrected chi connectivity index (χ4v) is 3.49. The summed E-state index contributed by atoms with van der Waals surface area (Å²) in [4.78, 5) is 5.66. The van der Waals surface area contributed by atoms with E-state index in [1.807, 2.05) is 0 Å². The highest BCUT2D eigenvalue weighted by Crippen LogP contribution is 2.29. The first-order valence-corrected chi connectivity index (χ1v) is 7.31. The van der Waals surface area contributed by atoms with Crippen LogP contribution in [0, 0.1) is 11.8 Å². The molecule has 0 radical (unpaired) electrons. The van der Waals surface area contributed by atoms with Gasteiger partial charge in [0, 0.05) is 24.3 Å². The molecule has 2 atom stereocenters. The van der Waals surface area contributed by atoms with Gasteiger partial charge in [-0.25, -0.2) is 4.98 Å². The van der Waals surface area contributed by atoms with Crippen LogP contribution in [0.25, 0.3) is 4.96 Å². The van der Waals surface area contributed by atoms with E-state index in [1.165, 1.54) is 19.3 Å². The van der Waals surface area contributed by atoms with Crippen LogP contribution in [0.3, 0.4) is 0 Å². The first kappa shape index (κ1) is 11.2. The SMILES string of the molecule is CC1CCC(CNCc2cn3ccsc3n2)C1. The van der Waals surface area contributed by atoms with Crippen LogP contribution in [0.15, 0.2) is 17.8 Å². The second kappa shape index (κ2) is 4.78. The van der Waals surface area contributed by atoms with Gasteiger partial charge in [0.2, 0.25) is 0 Å². The molecule has 2 aromatic heterocycles. The fraction of sp³-hybridized carbons (Fsp3) is 0.615. The summed E-state index contributed by atoms with van der Waals surface area (Å²) in [5.74, 6) is 1.81. The van der Waals surface area contributed by atoms with Gasteiger partial charge in [0.25, 0.3) is 0 Å². The molecule has 1 aliphatic carbocycles. The van der Waals surface area contributed by atoms with E-state index in [9.17, 15) is 0 Å². The number of hydrogen-bond acceptors (Lipinski definition) is 3. The molecule has 0 amide bonds. The summed E-state index contributed by atoms with van der Waals surface area (Å²) in [6.07, 6.45) is 8.38. The molecule has 1 saturated carbocycles. The summed E-state index contributed by atoms with van der Waals surface area (Å²) in [6.45, 7) is 4.41. The zero-order valence-electron chi connectivity index (χ0n) is 10.2. The van der Waals surface area contributed by atoms with Crippen LogP contribution in [-0.2, 0) is 6.54 Å². The molecule has 0 aromatic carbocycles. The molecular formula is C13H19N3S. The Kier molecular flexibility index (Phi) is 3.16. The van der Waals surface area contributed by atoms with E-state index in [-0.39, 0.29) is 0 Å². The first-order chi connectivity index (χ1) is 8.31. The van der Waals surface area contributed by atoms with Crippen molar-refractivity contribution in [3.05, 3.63) is 23.5 Å². The number of nitrogens with zero attached hydrogens (tertiary/aromatic N) is 2. The third kappa shape index (κ3) is 2.53. The van der Waals surface area contributed by atoms with E-state index in [2.05, 4.69) is 39.4 Å². The number of thiazole rings is 1. The summed E-state index contributed by atoms with van der Waals surface area (Å²) >= 11 is 1.69. The number of imidazole rings is 1. The average molecular weight is 249 g/mol. The van der Waals surface area contributed by atoms with Crippen LogP contribution in [0.5, 0.6) is 0 Å². The van der Waals surface area contributed by atoms with Gasteiger partial charge in [-0.2, -0.15) is 0 Å². The maximum Gasteiger partial charge on any atom is 0.193 e. The standard InChI is InChI=1S/C13H19N3S/c1-10-2-3-11(6-10)7-14-8-12-9-16-4-5-17-13(16)15-12/h4-5,9-11,14H,2-3,6-8H2,1H3. The molecule has 2 unspecified atom stereocenters. The number of hydrogen-bond donors (Lipinski definition) is 1. The van der Waals surface area contributed by atoms with Crippen LogP contribution in [-0.4, -0.2) is 15.9 Å². The van der Waals surface area contributed by atoms with Crippen molar-refractivity contribution < 1.29 is 0 Å². The van der Waals surface area contributed by atoms with Gasteiger partial charge in [0.05, 0.1) is 5.69 Å². The normalized spacial score (nSPS) is 24.8. The lowest BCUT2D eigenvalue weighted by atomic mass is 10.1. The van der Waals surface area contributed by atoms with Crippen molar-refractivity contribution in [1.82, 2.24) is 14.7 Å². The van der Waals surface area contributed by atoms with Gasteiger partial charge in [-0.05, 0) is 31.2 Å². The van der Waals surface area contributed by atoms with Gasteiger partial charge in [-0.3, -0.25) is 4.40 Å². The zero-order chi connectivity index (χ0) is 11.7. The number of fused-ring (bicyclic) bond motifs is 1. The van der Waals surface area contributed by atoms with Gasteiger partial charge < -0.3 is 5.32 Å². The van der Waals surface area contributed by atoms with Crippen LogP contribution < -0.4 is 5.32 Å². The van der Waals surface area contributed by atoms with E-state index >= 15 is 0 Å². The monoisotopic (exact) mass is 249 g/mol. The largest absolute Gasteiger partial charge is 0.311 e. The van der Waals surface area contributed by atoms with E-state index in [0.717, 1.165) is 35.6 Å². The molecule has 0 saturated heterocycles. The van der Waals surface area contributed by atoms with Crippen LogP contribution in [0.4, 0.5) is 0 Å². The van der Waals surface area contributed by atoms with Crippen molar-refractivity contribution in [1.29, 1.82) is 0 Å². The van der Waals surface area contributed by atoms with Gasteiger partial charge >= 0.3 is 0 Å². The highest BCUT2D eigenvalue weighted by molar-refractivity contribution is 7.15. The summed E-state index contributed by atoms with van der Waals surface area (Å²) in [5, 5.41) is 5.61. The Morgan fingerprint density at radius 1 is 1.53 bits per heavy atom. The van der Waals surface area contributed by atoms with E-state index < -0.39 is 0 Å². The molecule has 17 heavy (non-hydrogen) atoms. The molecule has 0 spiro atoms. The molecular weight excluding hydrogens is 230 g/mol. The minimum absolute atomic E-state index is 0.883. The second-order valence-electron chi connectivity index (χ2n) is 5.24. The Hall–Kier alpha value is -0.870. The third-order valence-electron chi connectivity index (χ3n) is 3.69. The Morgan fingerprint density at radius 3 is 3.24 bits per heavy atom. The van der Waals surface area contributed by atoms with Crippen molar-refractivity contribution in [2.45, 2.75) is 32.7 Å². The van der Waals surface area contributed by atoms with Crippen molar-refractivity contribution in [2.75, 3.05) is 6.54 Å². The van der Waals surface area contributed by atoms with E-state index in [1.54, 1.807) is 11.3 Å². The lowest BCUT2D eigenvalue weighted by molar-refractivity contribution is 0.469. The Labute approximate surface area is 106 Å². The van der Waals surface area contributed by atoms with Crippen molar-refractivity contribution in [3.8, 4) is 0 Å². The molecule has 3 rings (SSSR count). The summed E-state index contributed by atoms with van der Waals surface area (Å²) < 4.78 is 2.10. The van der Waals surface area contributed by atoms with Crippen LogP contribution >= 0.6 is 11.3 Å². The molecule has 2 heterocycles. The predicted molar refractivity (Wildman–Crippen MR) is 71.3 cm³/mol. The van der Waals surface area contributed by atoms with E-state index in [0.29, 0.717) is 0 Å². The van der Waals surface area contributed by atoms with Crippen molar-refractivity contribution >= 4 is 16.3 Å². The fourth-order valence-electron chi connectivity index (χ4n) is 2.78. The zero-order valence-corrected chi connectivity index (χ0v) is 11.0. The van der Waals surface area contributed by atoms with Crippen LogP contribution in [0.1, 0.15) is 31.9 Å². The molecule has 3 nitrogen and oxygen atoms in total. The molecule has 4 heteroatoms. The highest BCUT2D eigenvalue weighted by atomic mass is 32.1. The molecule has 1 aliphatic rings. The van der Waals surface area contributed by atoms with Gasteiger partial charge in [0.15, 0.2) is 4.96 Å². The Morgan fingerprint density at radius 2 is 2.47 bits per heavy atom. The number of rotatable bonds is 4. The average Bonchev–Trinajstić information content (AvgIpc) is 2.94. The number of aromatic nitrogens is 2. The highest BCUT2D eigenvalue weighted by Gasteiger charge is 2.20. The van der Waals surface area contributed by atoms with E-state index in [4.69, 9.17) is 0 Å². The minimum Gasteiger partial charge on any atom is -0.311 e. The topological polar surface area (TPSA) is 29.3 Å². The maximum atomic E-state index is 4.57. The first-order valence-electron chi connectivity index (χ1n) is 6.43. The molecule has 1 fully saturated rings. The third-order valence-corrected chi connectivity index (χ3v) is 4.46. The van der Waals surface area contributed by atoms with Gasteiger partial charge in [-0.15, -0.1) is 11.3 Å². The Balaban J connectivity index is 1.49. The number of nitrogens with one attached hydrogen (secondary N) is 1. The molecule has 1 N–H and O–H groups in total. The van der Waals surface area contributed by atoms with Crippen molar-refractivity contribution in [2.24, 2.45) is 11.8 Å². The lowest BCUT2D eigenvalue weighted by Crippen LogP contribution is -2.21. The Bertz CT molecular complexity index is 459. The quantitative estimate of drug-likeness (QED) is 0.902. The minimum atomic E-state index is 0.883. The second-order valence-corrected chi connectivity index (χ2v) is 6.11. The summed E-state index contributed by atoms with van der Waals surface area (Å²) in [5.41, 5.74) is 1.16. The molecule has 92 valence electrons. The maximum absolute atomic E-state index is 4.57. The molecule has 2 aromatic rings. The summed E-state index contributed by atoms with van der Waals surface area (Å²) in [6, 6.07) is 0. The smallest absolute Gasteiger partial charge is 0.193 e.